The molecular weight excluding hydrogens is 737 g/mol. The molecule has 2 N–H and O–H groups in total. The zero-order chi connectivity index (χ0) is 40.4. The van der Waals surface area contributed by atoms with Crippen LogP contribution in [0, 0.1) is 6.92 Å². The van der Waals surface area contributed by atoms with Crippen LogP contribution < -0.4 is 5.73 Å². The summed E-state index contributed by atoms with van der Waals surface area (Å²) in [4.78, 5) is 15.5. The predicted molar refractivity (Wildman–Crippen MR) is 248 cm³/mol. The number of aliphatic imine (C=N–C) groups is 2. The van der Waals surface area contributed by atoms with E-state index in [4.69, 9.17) is 25.1 Å². The Morgan fingerprint density at radius 2 is 1.17 bits per heavy atom. The second kappa shape index (κ2) is 15.7. The molecule has 3 aromatic heterocycles. The summed E-state index contributed by atoms with van der Waals surface area (Å²) in [7, 11) is 0. The summed E-state index contributed by atoms with van der Waals surface area (Å²) in [5.41, 5.74) is 17.4. The highest BCUT2D eigenvalue weighted by Crippen LogP contribution is 2.41. The van der Waals surface area contributed by atoms with Gasteiger partial charge in [-0.3, -0.25) is 4.57 Å². The first-order chi connectivity index (χ1) is 29.6. The Hall–Kier alpha value is -8.03. The smallest absolute Gasteiger partial charge is 0.232 e. The quantitative estimate of drug-likeness (QED) is 0.139. The molecule has 0 aliphatic carbocycles. The average Bonchev–Trinajstić information content (AvgIpc) is 4.00. The van der Waals surface area contributed by atoms with Crippen molar-refractivity contribution in [3.8, 4) is 17.1 Å². The number of nitrogens with zero attached hydrogens (tertiary/aromatic N) is 5. The first-order valence-corrected chi connectivity index (χ1v) is 20.0. The first-order valence-electron chi connectivity index (χ1n) is 20.0. The van der Waals surface area contributed by atoms with E-state index in [2.05, 4.69) is 113 Å². The van der Waals surface area contributed by atoms with Crippen molar-refractivity contribution in [2.24, 2.45) is 15.7 Å². The van der Waals surface area contributed by atoms with Crippen LogP contribution in [0.1, 0.15) is 16.7 Å². The molecule has 0 atom stereocenters. The van der Waals surface area contributed by atoms with Gasteiger partial charge in [-0.1, -0.05) is 163 Å². The van der Waals surface area contributed by atoms with Crippen molar-refractivity contribution >= 4 is 66.5 Å². The molecule has 0 radical (unpaired) electrons. The number of rotatable bonds is 5. The SMILES string of the molecule is Cc1ccccc1.N/C(=N\C(=NCc1ccccc1)n1c2ccc3oc(-c4ccccc4)nc3c2c2cccc(-n3c4ccccc4c4ccccc43)c21)c1ccccc1. The highest BCUT2D eigenvalue weighted by Gasteiger charge is 2.24. The van der Waals surface area contributed by atoms with Gasteiger partial charge < -0.3 is 14.7 Å². The lowest BCUT2D eigenvalue weighted by molar-refractivity contribution is 0.620. The Balaban J connectivity index is 0.000000564. The van der Waals surface area contributed by atoms with Crippen molar-refractivity contribution in [1.82, 2.24) is 14.1 Å². The van der Waals surface area contributed by atoms with Crippen molar-refractivity contribution < 1.29 is 4.42 Å². The number of aromatic nitrogens is 3. The Morgan fingerprint density at radius 3 is 1.82 bits per heavy atom. The second-order valence-electron chi connectivity index (χ2n) is 14.7. The Labute approximate surface area is 347 Å². The van der Waals surface area contributed by atoms with Crippen LogP contribution >= 0.6 is 0 Å². The molecule has 0 saturated carbocycles. The summed E-state index contributed by atoms with van der Waals surface area (Å²) in [6, 6.07) is 67.9. The normalized spacial score (nSPS) is 12.1. The van der Waals surface area contributed by atoms with Gasteiger partial charge >= 0.3 is 0 Å². The molecule has 7 nitrogen and oxygen atoms in total. The molecule has 0 spiro atoms. The Kier molecular flexibility index (Phi) is 9.52. The maximum absolute atomic E-state index is 6.82. The van der Waals surface area contributed by atoms with E-state index in [0.29, 0.717) is 29.8 Å². The number of hydrogen-bond donors (Lipinski definition) is 1. The molecule has 8 aromatic carbocycles. The molecule has 11 rings (SSSR count). The topological polar surface area (TPSA) is 86.6 Å². The minimum absolute atomic E-state index is 0.371. The number of nitrogens with two attached hydrogens (primary N) is 1. The fourth-order valence-corrected chi connectivity index (χ4v) is 8.02. The maximum Gasteiger partial charge on any atom is 0.232 e. The minimum atomic E-state index is 0.371. The molecular formula is C53H40N6O. The first kappa shape index (κ1) is 36.3. The number of fused-ring (bicyclic) bond motifs is 8. The van der Waals surface area contributed by atoms with Gasteiger partial charge in [-0.2, -0.15) is 4.99 Å². The van der Waals surface area contributed by atoms with E-state index < -0.39 is 0 Å². The number of oxazole rings is 1. The predicted octanol–water partition coefficient (Wildman–Crippen LogP) is 12.5. The summed E-state index contributed by atoms with van der Waals surface area (Å²) in [5.74, 6) is 1.40. The van der Waals surface area contributed by atoms with E-state index in [0.717, 1.165) is 60.7 Å². The van der Waals surface area contributed by atoms with E-state index in [-0.39, 0.29) is 0 Å². The Bertz CT molecular complexity index is 3290. The zero-order valence-corrected chi connectivity index (χ0v) is 33.0. The van der Waals surface area contributed by atoms with Crippen LogP contribution in [0.15, 0.2) is 215 Å². The van der Waals surface area contributed by atoms with E-state index in [1.54, 1.807) is 0 Å². The molecule has 0 aliphatic rings. The highest BCUT2D eigenvalue weighted by molar-refractivity contribution is 6.25. The second-order valence-corrected chi connectivity index (χ2v) is 14.7. The van der Waals surface area contributed by atoms with Crippen LogP contribution in [0.25, 0.3) is 71.9 Å². The number of para-hydroxylation sites is 3. The molecule has 0 saturated heterocycles. The third-order valence-electron chi connectivity index (χ3n) is 10.8. The van der Waals surface area contributed by atoms with Crippen molar-refractivity contribution in [2.45, 2.75) is 13.5 Å². The molecule has 0 amide bonds. The summed E-state index contributed by atoms with van der Waals surface area (Å²) in [6.45, 7) is 2.49. The lowest BCUT2D eigenvalue weighted by atomic mass is 10.1. The minimum Gasteiger partial charge on any atom is -0.436 e. The molecule has 0 aliphatic heterocycles. The number of aryl methyl sites for hydroxylation is 1. The third kappa shape index (κ3) is 6.68. The molecule has 0 fully saturated rings. The van der Waals surface area contributed by atoms with E-state index in [1.807, 2.05) is 103 Å². The lowest BCUT2D eigenvalue weighted by Crippen LogP contribution is -2.20. The number of hydrogen-bond acceptors (Lipinski definition) is 3. The maximum atomic E-state index is 6.82. The largest absolute Gasteiger partial charge is 0.436 e. The van der Waals surface area contributed by atoms with E-state index in [9.17, 15) is 0 Å². The van der Waals surface area contributed by atoms with Gasteiger partial charge in [-0.25, -0.2) is 9.98 Å². The van der Waals surface area contributed by atoms with Crippen LogP contribution in [0.3, 0.4) is 0 Å². The molecule has 288 valence electrons. The van der Waals surface area contributed by atoms with Crippen molar-refractivity contribution in [3.05, 3.63) is 217 Å². The highest BCUT2D eigenvalue weighted by atomic mass is 16.3. The van der Waals surface area contributed by atoms with Crippen molar-refractivity contribution in [3.63, 3.8) is 0 Å². The molecule has 0 unspecified atom stereocenters. The third-order valence-corrected chi connectivity index (χ3v) is 10.8. The number of amidine groups is 1. The fraction of sp³-hybridized carbons (Fsp3) is 0.0377. The van der Waals surface area contributed by atoms with Gasteiger partial charge in [0, 0.05) is 32.7 Å². The molecule has 11 aromatic rings. The van der Waals surface area contributed by atoms with Crippen LogP contribution in [0.2, 0.25) is 0 Å². The summed E-state index contributed by atoms with van der Waals surface area (Å²) < 4.78 is 10.9. The van der Waals surface area contributed by atoms with Crippen LogP contribution in [-0.2, 0) is 6.54 Å². The summed E-state index contributed by atoms with van der Waals surface area (Å²) >= 11 is 0. The van der Waals surface area contributed by atoms with Gasteiger partial charge in [0.05, 0.1) is 34.3 Å². The van der Waals surface area contributed by atoms with Crippen LogP contribution in [0.5, 0.6) is 0 Å². The lowest BCUT2D eigenvalue weighted by Gasteiger charge is -2.14. The molecule has 0 bridgehead atoms. The monoisotopic (exact) mass is 776 g/mol. The standard InChI is InChI=1S/C46H32N6O.C7H8/c47-44(31-17-6-2-7-18-31)50-46(48-29-30-15-4-1-5-16-30)52-38-27-28-40-42(49-45(53-40)32-19-8-3-9-20-32)41(38)35-23-14-26-39(43(35)52)51-36-24-12-10-21-33(36)34-22-11-13-25-37(34)51;1-7-5-3-2-4-6-7/h1-28H,29H2,(H2,47,48,50);2-6H,1H3. The van der Waals surface area contributed by atoms with Crippen LogP contribution in [-0.4, -0.2) is 25.9 Å². The van der Waals surface area contributed by atoms with Gasteiger partial charge in [0.25, 0.3) is 0 Å². The molecule has 7 heteroatoms. The van der Waals surface area contributed by atoms with Gasteiger partial charge in [-0.05, 0) is 55.0 Å². The van der Waals surface area contributed by atoms with Crippen molar-refractivity contribution in [2.75, 3.05) is 0 Å². The van der Waals surface area contributed by atoms with Gasteiger partial charge in [-0.15, -0.1) is 0 Å². The van der Waals surface area contributed by atoms with E-state index in [1.165, 1.54) is 16.3 Å². The Morgan fingerprint density at radius 1 is 0.583 bits per heavy atom. The fourth-order valence-electron chi connectivity index (χ4n) is 8.02. The summed E-state index contributed by atoms with van der Waals surface area (Å²) in [6.07, 6.45) is 0. The van der Waals surface area contributed by atoms with Crippen molar-refractivity contribution in [1.29, 1.82) is 0 Å². The van der Waals surface area contributed by atoms with E-state index >= 15 is 0 Å². The van der Waals surface area contributed by atoms with Crippen LogP contribution in [0.4, 0.5) is 0 Å². The van der Waals surface area contributed by atoms with Gasteiger partial charge in [0.1, 0.15) is 11.4 Å². The summed E-state index contributed by atoms with van der Waals surface area (Å²) in [5, 5.41) is 4.31. The molecule has 60 heavy (non-hydrogen) atoms. The average molecular weight is 777 g/mol. The molecule has 3 heterocycles. The van der Waals surface area contributed by atoms with Gasteiger partial charge in [0.2, 0.25) is 11.9 Å². The number of benzene rings is 8. The van der Waals surface area contributed by atoms with Gasteiger partial charge in [0.15, 0.2) is 5.58 Å². The zero-order valence-electron chi connectivity index (χ0n) is 33.0.